The Labute approximate surface area is 113 Å². The van der Waals surface area contributed by atoms with Gasteiger partial charge in [0.05, 0.1) is 11.1 Å². The lowest BCUT2D eigenvalue weighted by atomic mass is 10.0. The molecule has 0 saturated carbocycles. The maximum Gasteiger partial charge on any atom is 0.142 e. The average molecular weight is 288 g/mol. The molecular weight excluding hydrogens is 276 g/mol. The van der Waals surface area contributed by atoms with E-state index in [1.54, 1.807) is 18.4 Å². The van der Waals surface area contributed by atoms with Gasteiger partial charge in [0, 0.05) is 15.3 Å². The Morgan fingerprint density at radius 3 is 2.50 bits per heavy atom. The molecule has 0 fully saturated rings. The van der Waals surface area contributed by atoms with Crippen LogP contribution in [0.2, 0.25) is 5.02 Å². The molecule has 0 bridgehead atoms. The fourth-order valence-electron chi connectivity index (χ4n) is 1.82. The number of hydrogen-bond donors (Lipinski definition) is 1. The monoisotopic (exact) mass is 287 g/mol. The van der Waals surface area contributed by atoms with Crippen LogP contribution in [0.15, 0.2) is 24.3 Å². The first-order valence-corrected chi connectivity index (χ1v) is 6.60. The van der Waals surface area contributed by atoms with Crippen LogP contribution in [0.25, 0.3) is 0 Å². The highest BCUT2D eigenvalue weighted by atomic mass is 35.5. The normalized spacial score (nSPS) is 12.7. The second-order valence-corrected chi connectivity index (χ2v) is 5.68. The number of nitrogens with one attached hydrogen (secondary N) is 1. The minimum atomic E-state index is -0.610. The summed E-state index contributed by atoms with van der Waals surface area (Å²) in [4.78, 5) is 2.07. The van der Waals surface area contributed by atoms with Gasteiger partial charge >= 0.3 is 0 Å². The molecule has 96 valence electrons. The lowest BCUT2D eigenvalue weighted by Crippen LogP contribution is -2.18. The molecule has 5 heteroatoms. The van der Waals surface area contributed by atoms with E-state index >= 15 is 0 Å². The molecule has 0 radical (unpaired) electrons. The van der Waals surface area contributed by atoms with Crippen molar-refractivity contribution < 1.29 is 8.78 Å². The van der Waals surface area contributed by atoms with Crippen molar-refractivity contribution >= 4 is 22.9 Å². The Kier molecular flexibility index (Phi) is 4.00. The molecule has 1 unspecified atom stereocenters. The number of hydrogen-bond acceptors (Lipinski definition) is 2. The molecule has 0 aliphatic heterocycles. The van der Waals surface area contributed by atoms with Gasteiger partial charge < -0.3 is 5.32 Å². The average Bonchev–Trinajstić information content (AvgIpc) is 2.73. The third-order valence-corrected chi connectivity index (χ3v) is 4.04. The highest BCUT2D eigenvalue weighted by Crippen LogP contribution is 2.31. The maximum absolute atomic E-state index is 13.9. The van der Waals surface area contributed by atoms with Crippen molar-refractivity contribution in [1.82, 2.24) is 5.32 Å². The number of halogens is 3. The van der Waals surface area contributed by atoms with Gasteiger partial charge in [-0.1, -0.05) is 11.6 Å². The topological polar surface area (TPSA) is 12.0 Å². The molecular formula is C13H12ClF2NS. The first-order chi connectivity index (χ1) is 8.52. The summed E-state index contributed by atoms with van der Waals surface area (Å²) in [6.07, 6.45) is 0. The van der Waals surface area contributed by atoms with Crippen LogP contribution in [0, 0.1) is 18.6 Å². The maximum atomic E-state index is 13.9. The van der Waals surface area contributed by atoms with Gasteiger partial charge in [-0.05, 0) is 38.2 Å². The van der Waals surface area contributed by atoms with Crippen LogP contribution in [-0.2, 0) is 0 Å². The van der Waals surface area contributed by atoms with E-state index in [2.05, 4.69) is 5.32 Å². The summed E-state index contributed by atoms with van der Waals surface area (Å²) in [6.45, 7) is 1.97. The van der Waals surface area contributed by atoms with Gasteiger partial charge in [0.15, 0.2) is 0 Å². The first-order valence-electron chi connectivity index (χ1n) is 5.41. The van der Waals surface area contributed by atoms with Crippen molar-refractivity contribution in [3.63, 3.8) is 0 Å². The number of benzene rings is 1. The van der Waals surface area contributed by atoms with Gasteiger partial charge in [0.25, 0.3) is 0 Å². The van der Waals surface area contributed by atoms with E-state index in [1.807, 2.05) is 19.1 Å². The second-order valence-electron chi connectivity index (χ2n) is 3.96. The summed E-state index contributed by atoms with van der Waals surface area (Å²) in [5, 5.41) is 2.80. The van der Waals surface area contributed by atoms with Gasteiger partial charge in [-0.2, -0.15) is 0 Å². The van der Waals surface area contributed by atoms with Crippen molar-refractivity contribution in [2.24, 2.45) is 0 Å². The highest BCUT2D eigenvalue weighted by molar-refractivity contribution is 7.12. The van der Waals surface area contributed by atoms with Crippen LogP contribution < -0.4 is 5.32 Å². The molecule has 0 saturated heterocycles. The van der Waals surface area contributed by atoms with E-state index < -0.39 is 11.6 Å². The molecule has 1 atom stereocenters. The van der Waals surface area contributed by atoms with E-state index in [9.17, 15) is 8.78 Å². The van der Waals surface area contributed by atoms with Crippen LogP contribution in [0.5, 0.6) is 0 Å². The molecule has 0 spiro atoms. The molecule has 18 heavy (non-hydrogen) atoms. The third kappa shape index (κ3) is 2.55. The van der Waals surface area contributed by atoms with Gasteiger partial charge in [-0.3, -0.25) is 0 Å². The SMILES string of the molecule is CNC(c1ccc(C)s1)c1cc(F)c(Cl)cc1F. The molecule has 1 nitrogen and oxygen atoms in total. The quantitative estimate of drug-likeness (QED) is 0.830. The van der Waals surface area contributed by atoms with E-state index in [4.69, 9.17) is 11.6 Å². The zero-order chi connectivity index (χ0) is 13.3. The summed E-state index contributed by atoms with van der Waals surface area (Å²) in [5.41, 5.74) is 0.265. The minimum absolute atomic E-state index is 0.200. The van der Waals surface area contributed by atoms with E-state index in [0.29, 0.717) is 0 Å². The number of rotatable bonds is 3. The molecule has 0 aliphatic rings. The molecule has 2 aromatic rings. The predicted octanol–water partition coefficient (Wildman–Crippen LogP) is 4.30. The molecule has 1 aromatic carbocycles. The van der Waals surface area contributed by atoms with Crippen LogP contribution in [0.1, 0.15) is 21.4 Å². The van der Waals surface area contributed by atoms with Crippen LogP contribution in [0.3, 0.4) is 0 Å². The van der Waals surface area contributed by atoms with Gasteiger partial charge in [0.2, 0.25) is 0 Å². The van der Waals surface area contributed by atoms with Crippen molar-refractivity contribution in [3.05, 3.63) is 56.2 Å². The summed E-state index contributed by atoms with van der Waals surface area (Å²) in [5.74, 6) is -1.12. The number of thiophene rings is 1. The summed E-state index contributed by atoms with van der Waals surface area (Å²) in [7, 11) is 1.71. The zero-order valence-electron chi connectivity index (χ0n) is 9.93. The predicted molar refractivity (Wildman–Crippen MR) is 71.3 cm³/mol. The summed E-state index contributed by atoms with van der Waals surface area (Å²) < 4.78 is 27.3. The second kappa shape index (κ2) is 5.34. The Hall–Kier alpha value is -0.970. The van der Waals surface area contributed by atoms with Gasteiger partial charge in [-0.15, -0.1) is 11.3 Å². The summed E-state index contributed by atoms with van der Waals surface area (Å²) in [6, 6.07) is 5.66. The van der Waals surface area contributed by atoms with Crippen molar-refractivity contribution in [2.75, 3.05) is 7.05 Å². The van der Waals surface area contributed by atoms with Gasteiger partial charge in [0.1, 0.15) is 11.6 Å². The van der Waals surface area contributed by atoms with Crippen molar-refractivity contribution in [3.8, 4) is 0 Å². The molecule has 1 heterocycles. The lowest BCUT2D eigenvalue weighted by Gasteiger charge is -2.16. The smallest absolute Gasteiger partial charge is 0.142 e. The van der Waals surface area contributed by atoms with Crippen molar-refractivity contribution in [1.29, 1.82) is 0 Å². The van der Waals surface area contributed by atoms with E-state index in [-0.39, 0.29) is 16.6 Å². The molecule has 0 amide bonds. The van der Waals surface area contributed by atoms with Crippen LogP contribution >= 0.6 is 22.9 Å². The van der Waals surface area contributed by atoms with Crippen LogP contribution in [0.4, 0.5) is 8.78 Å². The molecule has 2 rings (SSSR count). The largest absolute Gasteiger partial charge is 0.309 e. The van der Waals surface area contributed by atoms with E-state index in [1.165, 1.54) is 0 Å². The van der Waals surface area contributed by atoms with E-state index in [0.717, 1.165) is 21.9 Å². The lowest BCUT2D eigenvalue weighted by molar-refractivity contribution is 0.561. The van der Waals surface area contributed by atoms with Crippen LogP contribution in [-0.4, -0.2) is 7.05 Å². The van der Waals surface area contributed by atoms with Crippen molar-refractivity contribution in [2.45, 2.75) is 13.0 Å². The zero-order valence-corrected chi connectivity index (χ0v) is 11.5. The molecule has 0 aliphatic carbocycles. The first kappa shape index (κ1) is 13.5. The Morgan fingerprint density at radius 2 is 1.94 bits per heavy atom. The Morgan fingerprint density at radius 1 is 1.22 bits per heavy atom. The minimum Gasteiger partial charge on any atom is -0.309 e. The standard InChI is InChI=1S/C13H12ClF2NS/c1-7-3-4-12(18-7)13(17-2)8-5-11(16)9(14)6-10(8)15/h3-6,13,17H,1-2H3. The Balaban J connectivity index is 2.48. The number of aryl methyl sites for hydroxylation is 1. The molecule has 1 aromatic heterocycles. The summed E-state index contributed by atoms with van der Waals surface area (Å²) >= 11 is 7.10. The fraction of sp³-hybridized carbons (Fsp3) is 0.231. The van der Waals surface area contributed by atoms with Gasteiger partial charge in [-0.25, -0.2) is 8.78 Å². The fourth-order valence-corrected chi connectivity index (χ4v) is 2.98. The molecule has 1 N–H and O–H groups in total. The third-order valence-electron chi connectivity index (χ3n) is 2.68. The highest BCUT2D eigenvalue weighted by Gasteiger charge is 2.19. The Bertz CT molecular complexity index is 568.